The van der Waals surface area contributed by atoms with Gasteiger partial charge in [-0.15, -0.1) is 0 Å². The molecule has 0 aliphatic carbocycles. The number of benzene rings is 3. The molecule has 0 amide bonds. The SMILES string of the molecule is CCOc1cccc([C@@H]2CC(c3ccc(C)cc3)=N[C@@H](c3cc(Br)ccc3OC)N2)c1O. The molecule has 1 aliphatic heterocycles. The zero-order valence-corrected chi connectivity index (χ0v) is 20.0. The molecule has 3 aromatic rings. The molecule has 0 saturated heterocycles. The van der Waals surface area contributed by atoms with Crippen LogP contribution >= 0.6 is 15.9 Å². The van der Waals surface area contributed by atoms with Crippen molar-refractivity contribution in [2.75, 3.05) is 13.7 Å². The second kappa shape index (κ2) is 9.76. The van der Waals surface area contributed by atoms with E-state index in [1.807, 2.05) is 37.3 Å². The maximum Gasteiger partial charge on any atom is 0.162 e. The number of aryl methyl sites for hydroxylation is 1. The van der Waals surface area contributed by atoms with Crippen molar-refractivity contribution in [2.45, 2.75) is 32.5 Å². The van der Waals surface area contributed by atoms with Gasteiger partial charge in [-0.25, -0.2) is 0 Å². The summed E-state index contributed by atoms with van der Waals surface area (Å²) in [6.45, 7) is 4.47. The number of methoxy groups -OCH3 is 1. The van der Waals surface area contributed by atoms with E-state index in [1.54, 1.807) is 13.2 Å². The Bertz CT molecular complexity index is 1130. The van der Waals surface area contributed by atoms with Crippen LogP contribution in [0.15, 0.2) is 70.1 Å². The molecule has 6 heteroatoms. The van der Waals surface area contributed by atoms with Crippen molar-refractivity contribution in [3.05, 3.63) is 87.4 Å². The van der Waals surface area contributed by atoms with Crippen molar-refractivity contribution >= 4 is 21.6 Å². The highest BCUT2D eigenvalue weighted by Gasteiger charge is 2.30. The lowest BCUT2D eigenvalue weighted by atomic mass is 9.93. The largest absolute Gasteiger partial charge is 0.504 e. The molecule has 166 valence electrons. The third kappa shape index (κ3) is 4.66. The highest BCUT2D eigenvalue weighted by atomic mass is 79.9. The molecule has 1 heterocycles. The van der Waals surface area contributed by atoms with E-state index in [9.17, 15) is 5.11 Å². The van der Waals surface area contributed by atoms with Gasteiger partial charge in [0, 0.05) is 33.8 Å². The van der Waals surface area contributed by atoms with Gasteiger partial charge in [-0.3, -0.25) is 10.3 Å². The van der Waals surface area contributed by atoms with Gasteiger partial charge in [-0.2, -0.15) is 0 Å². The van der Waals surface area contributed by atoms with Crippen LogP contribution in [-0.2, 0) is 0 Å². The van der Waals surface area contributed by atoms with E-state index in [4.69, 9.17) is 14.5 Å². The van der Waals surface area contributed by atoms with Crippen molar-refractivity contribution in [1.29, 1.82) is 0 Å². The number of rotatable bonds is 6. The predicted octanol–water partition coefficient (Wildman–Crippen LogP) is 6.09. The van der Waals surface area contributed by atoms with Crippen LogP contribution in [0, 0.1) is 6.92 Å². The summed E-state index contributed by atoms with van der Waals surface area (Å²) in [6.07, 6.45) is 0.298. The second-order valence-electron chi connectivity index (χ2n) is 7.78. The van der Waals surface area contributed by atoms with Crippen LogP contribution < -0.4 is 14.8 Å². The fourth-order valence-corrected chi connectivity index (χ4v) is 4.38. The maximum atomic E-state index is 10.9. The predicted molar refractivity (Wildman–Crippen MR) is 131 cm³/mol. The third-order valence-corrected chi connectivity index (χ3v) is 6.11. The van der Waals surface area contributed by atoms with Crippen molar-refractivity contribution in [1.82, 2.24) is 5.32 Å². The maximum absolute atomic E-state index is 10.9. The average Bonchev–Trinajstić information content (AvgIpc) is 2.80. The molecule has 0 saturated carbocycles. The van der Waals surface area contributed by atoms with E-state index in [-0.39, 0.29) is 18.0 Å². The van der Waals surface area contributed by atoms with Crippen molar-refractivity contribution in [3.63, 3.8) is 0 Å². The Morgan fingerprint density at radius 1 is 1.06 bits per heavy atom. The van der Waals surface area contributed by atoms with Crippen molar-refractivity contribution in [3.8, 4) is 17.2 Å². The standard InChI is InChI=1S/C26H27BrN2O3/c1-4-32-24-7-5-6-19(25(24)30)22-15-21(17-10-8-16(2)9-11-17)28-26(29-22)20-14-18(27)12-13-23(20)31-3/h5-14,22,26,29-30H,4,15H2,1-3H3/t22-,26+/m0/s1. The minimum absolute atomic E-state index is 0.155. The molecule has 0 radical (unpaired) electrons. The van der Waals surface area contributed by atoms with E-state index in [1.165, 1.54) is 5.56 Å². The summed E-state index contributed by atoms with van der Waals surface area (Å²) in [5, 5.41) is 14.5. The van der Waals surface area contributed by atoms with Crippen molar-refractivity contribution in [2.24, 2.45) is 4.99 Å². The number of phenolic OH excluding ortho intramolecular Hbond substituents is 1. The van der Waals surface area contributed by atoms with Gasteiger partial charge in [0.2, 0.25) is 0 Å². The lowest BCUT2D eigenvalue weighted by Crippen LogP contribution is -2.33. The number of ether oxygens (including phenoxy) is 2. The number of phenols is 1. The summed E-state index contributed by atoms with van der Waals surface area (Å²) in [5.41, 5.74) is 4.96. The number of halogens is 1. The Balaban J connectivity index is 1.80. The molecule has 0 spiro atoms. The van der Waals surface area contributed by atoms with Crippen LogP contribution in [0.2, 0.25) is 0 Å². The summed E-state index contributed by atoms with van der Waals surface area (Å²) in [7, 11) is 1.66. The van der Waals surface area contributed by atoms with Crippen LogP contribution in [0.5, 0.6) is 17.2 Å². The normalized spacial score (nSPS) is 18.2. The lowest BCUT2D eigenvalue weighted by molar-refractivity contribution is 0.313. The minimum atomic E-state index is -0.340. The molecule has 1 aliphatic rings. The summed E-state index contributed by atoms with van der Waals surface area (Å²) in [6, 6.07) is 19.8. The first-order valence-electron chi connectivity index (χ1n) is 10.7. The third-order valence-electron chi connectivity index (χ3n) is 5.62. The molecule has 0 unspecified atom stereocenters. The highest BCUT2D eigenvalue weighted by Crippen LogP contribution is 2.40. The lowest BCUT2D eigenvalue weighted by Gasteiger charge is -2.32. The molecule has 32 heavy (non-hydrogen) atoms. The molecule has 5 nitrogen and oxygen atoms in total. The first-order chi connectivity index (χ1) is 15.5. The fraction of sp³-hybridized carbons (Fsp3) is 0.269. The van der Waals surface area contributed by atoms with E-state index in [0.717, 1.165) is 32.6 Å². The van der Waals surface area contributed by atoms with Crippen molar-refractivity contribution < 1.29 is 14.6 Å². The Hall–Kier alpha value is -2.83. The molecular formula is C26H27BrN2O3. The quantitative estimate of drug-likeness (QED) is 0.434. The summed E-state index contributed by atoms with van der Waals surface area (Å²) < 4.78 is 12.2. The van der Waals surface area contributed by atoms with Gasteiger partial charge >= 0.3 is 0 Å². The Kier molecular flexibility index (Phi) is 6.82. The minimum Gasteiger partial charge on any atom is -0.504 e. The zero-order valence-electron chi connectivity index (χ0n) is 18.4. The van der Waals surface area contributed by atoms with Gasteiger partial charge in [0.1, 0.15) is 11.9 Å². The van der Waals surface area contributed by atoms with E-state index in [0.29, 0.717) is 18.8 Å². The number of nitrogens with zero attached hydrogens (tertiary/aromatic N) is 1. The first-order valence-corrected chi connectivity index (χ1v) is 11.5. The topological polar surface area (TPSA) is 63.1 Å². The Labute approximate surface area is 197 Å². The van der Waals surface area contributed by atoms with Crippen LogP contribution in [0.25, 0.3) is 0 Å². The fourth-order valence-electron chi connectivity index (χ4n) is 4.00. The smallest absolute Gasteiger partial charge is 0.162 e. The molecular weight excluding hydrogens is 468 g/mol. The molecule has 2 atom stereocenters. The van der Waals surface area contributed by atoms with E-state index >= 15 is 0 Å². The second-order valence-corrected chi connectivity index (χ2v) is 8.70. The van der Waals surface area contributed by atoms with Crippen LogP contribution in [0.3, 0.4) is 0 Å². The number of aliphatic imine (C=N–C) groups is 1. The summed E-state index contributed by atoms with van der Waals surface area (Å²) in [5.74, 6) is 1.41. The number of nitrogens with one attached hydrogen (secondary N) is 1. The first kappa shape index (κ1) is 22.4. The zero-order chi connectivity index (χ0) is 22.7. The highest BCUT2D eigenvalue weighted by molar-refractivity contribution is 9.10. The number of hydrogen-bond acceptors (Lipinski definition) is 5. The summed E-state index contributed by atoms with van der Waals surface area (Å²) >= 11 is 3.57. The van der Waals surface area contributed by atoms with Gasteiger partial charge in [-0.1, -0.05) is 57.9 Å². The van der Waals surface area contributed by atoms with Gasteiger partial charge in [-0.05, 0) is 43.7 Å². The molecule has 4 rings (SSSR count). The molecule has 3 aromatic carbocycles. The van der Waals surface area contributed by atoms with E-state index < -0.39 is 0 Å². The molecule has 0 aromatic heterocycles. The van der Waals surface area contributed by atoms with Crippen LogP contribution in [0.1, 0.15) is 47.8 Å². The van der Waals surface area contributed by atoms with Gasteiger partial charge in [0.15, 0.2) is 11.5 Å². The summed E-state index contributed by atoms with van der Waals surface area (Å²) in [4.78, 5) is 5.06. The molecule has 0 bridgehead atoms. The van der Waals surface area contributed by atoms with Crippen LogP contribution in [0.4, 0.5) is 0 Å². The monoisotopic (exact) mass is 494 g/mol. The average molecular weight is 495 g/mol. The van der Waals surface area contributed by atoms with Gasteiger partial charge in [0.05, 0.1) is 13.7 Å². The number of aromatic hydroxyl groups is 1. The Morgan fingerprint density at radius 2 is 1.84 bits per heavy atom. The van der Waals surface area contributed by atoms with Gasteiger partial charge in [0.25, 0.3) is 0 Å². The van der Waals surface area contributed by atoms with Gasteiger partial charge < -0.3 is 14.6 Å². The molecule has 2 N–H and O–H groups in total. The number of hydrogen-bond donors (Lipinski definition) is 2. The van der Waals surface area contributed by atoms with Crippen LogP contribution in [-0.4, -0.2) is 24.5 Å². The number of para-hydroxylation sites is 1. The Morgan fingerprint density at radius 3 is 2.56 bits per heavy atom. The van der Waals surface area contributed by atoms with E-state index in [2.05, 4.69) is 52.4 Å². The molecule has 0 fully saturated rings.